The first-order valence-corrected chi connectivity index (χ1v) is 8.42. The van der Waals surface area contributed by atoms with Gasteiger partial charge in [-0.15, -0.1) is 0 Å². The molecule has 6 nitrogen and oxygen atoms in total. The van der Waals surface area contributed by atoms with E-state index >= 15 is 0 Å². The van der Waals surface area contributed by atoms with Gasteiger partial charge in [-0.25, -0.2) is 13.2 Å². The number of ether oxygens (including phenoxy) is 1. The first-order valence-electron chi connectivity index (χ1n) is 6.87. The van der Waals surface area contributed by atoms with Crippen molar-refractivity contribution in [1.29, 1.82) is 0 Å². The molecule has 1 amide bonds. The molecule has 0 saturated heterocycles. The average molecular weight is 369 g/mol. The van der Waals surface area contributed by atoms with Gasteiger partial charge in [0.25, 0.3) is 5.91 Å². The molecule has 132 valence electrons. The lowest BCUT2D eigenvalue weighted by molar-refractivity contribution is 0.0600. The monoisotopic (exact) mass is 369 g/mol. The van der Waals surface area contributed by atoms with Crippen LogP contribution in [0.3, 0.4) is 0 Å². The zero-order valence-corrected chi connectivity index (χ0v) is 13.7. The number of alkyl halides is 2. The lowest BCUT2D eigenvalue weighted by Crippen LogP contribution is -2.14. The van der Waals surface area contributed by atoms with Crippen LogP contribution in [0.4, 0.5) is 14.5 Å². The van der Waals surface area contributed by atoms with Crippen LogP contribution in [0.5, 0.6) is 0 Å². The molecule has 0 aliphatic rings. The third-order valence-corrected chi connectivity index (χ3v) is 4.62. The maximum absolute atomic E-state index is 12.5. The summed E-state index contributed by atoms with van der Waals surface area (Å²) in [5, 5.41) is 2.51. The fourth-order valence-corrected chi connectivity index (χ4v) is 2.67. The second-order valence-corrected chi connectivity index (χ2v) is 6.77. The Labute approximate surface area is 142 Å². The number of halogens is 2. The van der Waals surface area contributed by atoms with E-state index in [-0.39, 0.29) is 11.1 Å². The Morgan fingerprint density at radius 2 is 1.68 bits per heavy atom. The maximum atomic E-state index is 12.5. The van der Waals surface area contributed by atoms with Gasteiger partial charge in [-0.1, -0.05) is 6.07 Å². The minimum Gasteiger partial charge on any atom is -0.465 e. The number of amides is 1. The minimum atomic E-state index is -4.71. The summed E-state index contributed by atoms with van der Waals surface area (Å²) in [5.41, 5.74) is 0.618. The van der Waals surface area contributed by atoms with Gasteiger partial charge in [-0.2, -0.15) is 8.78 Å². The van der Waals surface area contributed by atoms with E-state index in [4.69, 9.17) is 0 Å². The molecule has 0 aromatic heterocycles. The quantitative estimate of drug-likeness (QED) is 0.819. The molecule has 0 aliphatic heterocycles. The van der Waals surface area contributed by atoms with E-state index in [1.807, 2.05) is 0 Å². The molecule has 0 bridgehead atoms. The third kappa shape index (κ3) is 4.18. The highest BCUT2D eigenvalue weighted by molar-refractivity contribution is 7.91. The maximum Gasteiger partial charge on any atom is 0.341 e. The van der Waals surface area contributed by atoms with Gasteiger partial charge in [0.1, 0.15) is 0 Å². The minimum absolute atomic E-state index is 0.0664. The Morgan fingerprint density at radius 3 is 2.24 bits per heavy atom. The Hall–Kier alpha value is -2.81. The number of benzene rings is 2. The summed E-state index contributed by atoms with van der Waals surface area (Å²) in [5.74, 6) is -4.70. The normalized spacial score (nSPS) is 11.2. The summed E-state index contributed by atoms with van der Waals surface area (Å²) in [7, 11) is -3.49. The predicted molar refractivity (Wildman–Crippen MR) is 85.4 cm³/mol. The van der Waals surface area contributed by atoms with Crippen molar-refractivity contribution in [2.75, 3.05) is 12.4 Å². The van der Waals surface area contributed by atoms with Gasteiger partial charge in [0.05, 0.1) is 17.6 Å². The topological polar surface area (TPSA) is 89.5 Å². The van der Waals surface area contributed by atoms with Crippen LogP contribution in [0.15, 0.2) is 53.4 Å². The van der Waals surface area contributed by atoms with E-state index in [1.54, 1.807) is 12.1 Å². The Morgan fingerprint density at radius 1 is 1.04 bits per heavy atom. The van der Waals surface area contributed by atoms with E-state index in [2.05, 4.69) is 10.1 Å². The number of rotatable bonds is 5. The van der Waals surface area contributed by atoms with Crippen molar-refractivity contribution >= 4 is 27.4 Å². The second-order valence-electron chi connectivity index (χ2n) is 4.86. The molecule has 2 aromatic carbocycles. The summed E-state index contributed by atoms with van der Waals surface area (Å²) in [6, 6.07) is 10.1. The molecule has 0 unspecified atom stereocenters. The molecule has 25 heavy (non-hydrogen) atoms. The second kappa shape index (κ2) is 7.39. The van der Waals surface area contributed by atoms with Crippen LogP contribution in [0.25, 0.3) is 0 Å². The predicted octanol–water partition coefficient (Wildman–Crippen LogP) is 2.72. The summed E-state index contributed by atoms with van der Waals surface area (Å²) in [4.78, 5) is 23.0. The fraction of sp³-hybridized carbons (Fsp3) is 0.125. The van der Waals surface area contributed by atoms with E-state index in [0.717, 1.165) is 24.3 Å². The van der Waals surface area contributed by atoms with E-state index in [1.165, 1.54) is 19.2 Å². The van der Waals surface area contributed by atoms with E-state index in [0.29, 0.717) is 5.69 Å². The first-order chi connectivity index (χ1) is 11.8. The highest BCUT2D eigenvalue weighted by Crippen LogP contribution is 2.19. The van der Waals surface area contributed by atoms with Crippen molar-refractivity contribution in [2.24, 2.45) is 0 Å². The van der Waals surface area contributed by atoms with E-state index < -0.39 is 32.4 Å². The lowest BCUT2D eigenvalue weighted by atomic mass is 10.1. The highest BCUT2D eigenvalue weighted by atomic mass is 32.2. The summed E-state index contributed by atoms with van der Waals surface area (Å²) in [6.45, 7) is 0. The number of hydrogen-bond donors (Lipinski definition) is 1. The molecule has 1 N–H and O–H groups in total. The van der Waals surface area contributed by atoms with Gasteiger partial charge in [-0.05, 0) is 42.5 Å². The van der Waals surface area contributed by atoms with Crippen LogP contribution in [0.2, 0.25) is 0 Å². The van der Waals surface area contributed by atoms with Crippen LogP contribution >= 0.6 is 0 Å². The third-order valence-electron chi connectivity index (χ3n) is 3.22. The number of anilines is 1. The number of carbonyl (C=O) groups excluding carboxylic acids is 2. The van der Waals surface area contributed by atoms with Gasteiger partial charge in [0, 0.05) is 11.3 Å². The number of esters is 1. The first kappa shape index (κ1) is 18.5. The van der Waals surface area contributed by atoms with Crippen molar-refractivity contribution < 1.29 is 31.5 Å². The van der Waals surface area contributed by atoms with Crippen LogP contribution in [0.1, 0.15) is 20.7 Å². The lowest BCUT2D eigenvalue weighted by Gasteiger charge is -2.08. The summed E-state index contributed by atoms with van der Waals surface area (Å²) in [6.07, 6.45) is 0. The molecular weight excluding hydrogens is 356 g/mol. The van der Waals surface area contributed by atoms with Crippen molar-refractivity contribution in [3.8, 4) is 0 Å². The van der Waals surface area contributed by atoms with Crippen LogP contribution < -0.4 is 5.32 Å². The largest absolute Gasteiger partial charge is 0.465 e. The van der Waals surface area contributed by atoms with Gasteiger partial charge in [0.2, 0.25) is 9.84 Å². The molecule has 2 rings (SSSR count). The number of nitrogens with one attached hydrogen (secondary N) is 1. The molecule has 0 aliphatic carbocycles. The van der Waals surface area contributed by atoms with Crippen molar-refractivity contribution in [3.63, 3.8) is 0 Å². The highest BCUT2D eigenvalue weighted by Gasteiger charge is 2.26. The number of carbonyl (C=O) groups is 2. The van der Waals surface area contributed by atoms with Crippen LogP contribution in [-0.4, -0.2) is 33.2 Å². The molecule has 0 atom stereocenters. The van der Waals surface area contributed by atoms with Gasteiger partial charge < -0.3 is 10.1 Å². The Balaban J connectivity index is 2.18. The smallest absolute Gasteiger partial charge is 0.341 e. The van der Waals surface area contributed by atoms with Crippen LogP contribution in [-0.2, 0) is 14.6 Å². The zero-order valence-electron chi connectivity index (χ0n) is 12.9. The van der Waals surface area contributed by atoms with Crippen LogP contribution in [0, 0.1) is 0 Å². The van der Waals surface area contributed by atoms with Crippen molar-refractivity contribution in [1.82, 2.24) is 0 Å². The SMILES string of the molecule is COC(=O)c1cccc(NC(=O)c2ccc(S(=O)(=O)C(F)F)cc2)c1. The summed E-state index contributed by atoms with van der Waals surface area (Å²) < 4.78 is 52.2. The molecule has 0 saturated carbocycles. The Bertz CT molecular complexity index is 895. The van der Waals surface area contributed by atoms with Gasteiger partial charge in [-0.3, -0.25) is 4.79 Å². The molecule has 0 radical (unpaired) electrons. The molecule has 0 fully saturated rings. The number of methoxy groups -OCH3 is 1. The zero-order chi connectivity index (χ0) is 18.6. The van der Waals surface area contributed by atoms with Crippen molar-refractivity contribution in [3.05, 3.63) is 59.7 Å². The van der Waals surface area contributed by atoms with E-state index in [9.17, 15) is 26.8 Å². The average Bonchev–Trinajstić information content (AvgIpc) is 2.61. The number of sulfone groups is 1. The number of hydrogen-bond acceptors (Lipinski definition) is 5. The standard InChI is InChI=1S/C16H13F2NO5S/c1-24-15(21)11-3-2-4-12(9-11)19-14(20)10-5-7-13(8-6-10)25(22,23)16(17)18/h2-9,16H,1H3,(H,19,20). The molecule has 0 heterocycles. The van der Waals surface area contributed by atoms with Gasteiger partial charge in [0.15, 0.2) is 0 Å². The molecule has 2 aromatic rings. The molecular formula is C16H13F2NO5S. The molecule has 9 heteroatoms. The van der Waals surface area contributed by atoms with Crippen molar-refractivity contribution in [2.45, 2.75) is 10.7 Å². The summed E-state index contributed by atoms with van der Waals surface area (Å²) >= 11 is 0. The molecule has 0 spiro atoms. The Kier molecular flexibility index (Phi) is 5.48. The fourth-order valence-electron chi connectivity index (χ4n) is 1.94. The van der Waals surface area contributed by atoms with Gasteiger partial charge >= 0.3 is 11.7 Å².